The topological polar surface area (TPSA) is 67.1 Å². The van der Waals surface area contributed by atoms with Gasteiger partial charge in [-0.1, -0.05) is 12.1 Å². The lowest BCUT2D eigenvalue weighted by atomic mass is 10.1. The van der Waals surface area contributed by atoms with Crippen molar-refractivity contribution in [1.82, 2.24) is 10.6 Å². The molecular formula is C11H17N3O. The van der Waals surface area contributed by atoms with E-state index in [1.165, 1.54) is 0 Å². The predicted molar refractivity (Wildman–Crippen MR) is 60.6 cm³/mol. The molecule has 15 heavy (non-hydrogen) atoms. The van der Waals surface area contributed by atoms with Crippen LogP contribution < -0.4 is 16.4 Å². The van der Waals surface area contributed by atoms with Crippen molar-refractivity contribution in [1.29, 1.82) is 0 Å². The first-order valence-corrected chi connectivity index (χ1v) is 4.99. The smallest absolute Gasteiger partial charge is 0.251 e. The maximum absolute atomic E-state index is 11.5. The molecule has 0 atom stereocenters. The molecule has 1 amide bonds. The van der Waals surface area contributed by atoms with Crippen LogP contribution in [0, 0.1) is 0 Å². The number of nitrogens with one attached hydrogen (secondary N) is 2. The lowest BCUT2D eigenvalue weighted by molar-refractivity contribution is 0.0954. The lowest BCUT2D eigenvalue weighted by Crippen LogP contribution is -2.30. The molecule has 1 rings (SSSR count). The molecule has 1 aromatic rings. The van der Waals surface area contributed by atoms with Gasteiger partial charge in [-0.3, -0.25) is 4.79 Å². The van der Waals surface area contributed by atoms with Gasteiger partial charge in [0.05, 0.1) is 0 Å². The highest BCUT2D eigenvalue weighted by atomic mass is 16.1. The maximum Gasteiger partial charge on any atom is 0.251 e. The van der Waals surface area contributed by atoms with Crippen LogP contribution in [0.15, 0.2) is 24.3 Å². The molecule has 0 bridgehead atoms. The van der Waals surface area contributed by atoms with Crippen LogP contribution in [0.2, 0.25) is 0 Å². The number of nitrogens with two attached hydrogens (primary N) is 1. The Balaban J connectivity index is 2.50. The average molecular weight is 207 g/mol. The largest absolute Gasteiger partial charge is 0.351 e. The van der Waals surface area contributed by atoms with Crippen LogP contribution in [0.5, 0.6) is 0 Å². The third kappa shape index (κ3) is 3.69. The Hall–Kier alpha value is -1.39. The molecule has 0 fully saturated rings. The van der Waals surface area contributed by atoms with E-state index < -0.39 is 0 Å². The van der Waals surface area contributed by atoms with E-state index in [1.54, 1.807) is 12.1 Å². The van der Waals surface area contributed by atoms with Gasteiger partial charge in [0, 0.05) is 25.2 Å². The number of carbonyl (C=O) groups excluding carboxylic acids is 1. The van der Waals surface area contributed by atoms with Crippen molar-refractivity contribution in [3.05, 3.63) is 35.4 Å². The summed E-state index contributed by atoms with van der Waals surface area (Å²) in [4.78, 5) is 11.5. The summed E-state index contributed by atoms with van der Waals surface area (Å²) in [6.45, 7) is 1.91. The van der Waals surface area contributed by atoms with Crippen LogP contribution in [0.1, 0.15) is 15.9 Å². The summed E-state index contributed by atoms with van der Waals surface area (Å²) in [6, 6.07) is 7.31. The number of hydrogen-bond donors (Lipinski definition) is 3. The molecule has 4 N–H and O–H groups in total. The molecule has 0 aromatic heterocycles. The van der Waals surface area contributed by atoms with E-state index in [1.807, 2.05) is 19.2 Å². The van der Waals surface area contributed by atoms with Crippen LogP contribution in [0.25, 0.3) is 0 Å². The van der Waals surface area contributed by atoms with Gasteiger partial charge in [0.2, 0.25) is 0 Å². The number of rotatable bonds is 5. The van der Waals surface area contributed by atoms with E-state index in [2.05, 4.69) is 10.6 Å². The van der Waals surface area contributed by atoms with Crippen molar-refractivity contribution in [3.8, 4) is 0 Å². The minimum atomic E-state index is -0.0474. The second kappa shape index (κ2) is 6.16. The lowest BCUT2D eigenvalue weighted by Gasteiger charge is -2.05. The predicted octanol–water partition coefficient (Wildman–Crippen LogP) is 0.0945. The summed E-state index contributed by atoms with van der Waals surface area (Å²) in [6.07, 6.45) is 0. The second-order valence-corrected chi connectivity index (χ2v) is 3.26. The molecule has 0 saturated heterocycles. The average Bonchev–Trinajstić information content (AvgIpc) is 2.29. The first kappa shape index (κ1) is 11.7. The van der Waals surface area contributed by atoms with Crippen LogP contribution in [0.3, 0.4) is 0 Å². The zero-order chi connectivity index (χ0) is 11.1. The molecule has 0 saturated carbocycles. The molecule has 0 aliphatic rings. The van der Waals surface area contributed by atoms with Crippen molar-refractivity contribution >= 4 is 5.91 Å². The molecule has 4 heteroatoms. The van der Waals surface area contributed by atoms with Crippen LogP contribution in [-0.4, -0.2) is 26.0 Å². The number of likely N-dealkylation sites (N-methyl/N-ethyl adjacent to an activating group) is 1. The summed E-state index contributed by atoms with van der Waals surface area (Å²) >= 11 is 0. The van der Waals surface area contributed by atoms with Crippen molar-refractivity contribution < 1.29 is 4.79 Å². The number of amides is 1. The van der Waals surface area contributed by atoms with Gasteiger partial charge < -0.3 is 16.4 Å². The number of carbonyl (C=O) groups is 1. The van der Waals surface area contributed by atoms with E-state index in [0.29, 0.717) is 18.7 Å². The van der Waals surface area contributed by atoms with Crippen molar-refractivity contribution in [2.75, 3.05) is 20.1 Å². The van der Waals surface area contributed by atoms with E-state index in [-0.39, 0.29) is 5.91 Å². The fraction of sp³-hybridized carbons (Fsp3) is 0.364. The van der Waals surface area contributed by atoms with Gasteiger partial charge in [0.15, 0.2) is 0 Å². The van der Waals surface area contributed by atoms with Crippen LogP contribution in [-0.2, 0) is 6.54 Å². The monoisotopic (exact) mass is 207 g/mol. The van der Waals surface area contributed by atoms with Gasteiger partial charge in [-0.2, -0.15) is 0 Å². The summed E-state index contributed by atoms with van der Waals surface area (Å²) in [5.74, 6) is -0.0474. The van der Waals surface area contributed by atoms with Gasteiger partial charge >= 0.3 is 0 Å². The number of hydrogen-bond acceptors (Lipinski definition) is 3. The van der Waals surface area contributed by atoms with Gasteiger partial charge in [0.25, 0.3) is 5.91 Å². The van der Waals surface area contributed by atoms with Gasteiger partial charge in [-0.05, 0) is 24.7 Å². The Labute approximate surface area is 89.9 Å². The maximum atomic E-state index is 11.5. The third-order valence-corrected chi connectivity index (χ3v) is 2.11. The molecule has 0 aliphatic heterocycles. The summed E-state index contributed by atoms with van der Waals surface area (Å²) in [5, 5.41) is 5.77. The summed E-state index contributed by atoms with van der Waals surface area (Å²) < 4.78 is 0. The van der Waals surface area contributed by atoms with Crippen molar-refractivity contribution in [2.45, 2.75) is 6.54 Å². The Morgan fingerprint density at radius 2 is 1.93 bits per heavy atom. The second-order valence-electron chi connectivity index (χ2n) is 3.26. The molecule has 0 spiro atoms. The fourth-order valence-corrected chi connectivity index (χ4v) is 1.20. The quantitative estimate of drug-likeness (QED) is 0.600. The summed E-state index contributed by atoms with van der Waals surface area (Å²) in [5.41, 5.74) is 7.16. The molecule has 82 valence electrons. The minimum Gasteiger partial charge on any atom is -0.351 e. The molecule has 0 unspecified atom stereocenters. The van der Waals surface area contributed by atoms with E-state index >= 15 is 0 Å². The molecule has 4 nitrogen and oxygen atoms in total. The molecule has 0 aliphatic carbocycles. The third-order valence-electron chi connectivity index (χ3n) is 2.11. The highest BCUT2D eigenvalue weighted by Crippen LogP contribution is 2.03. The first-order chi connectivity index (χ1) is 7.27. The minimum absolute atomic E-state index is 0.0474. The molecule has 0 heterocycles. The Morgan fingerprint density at radius 3 is 2.47 bits per heavy atom. The molecule has 1 aromatic carbocycles. The Kier molecular flexibility index (Phi) is 4.80. The highest BCUT2D eigenvalue weighted by Gasteiger charge is 2.03. The standard InChI is InChI=1S/C11H17N3O/c1-13-6-7-14-11(15)10-4-2-9(8-12)3-5-10/h2-5,13H,6-8,12H2,1H3,(H,14,15). The van der Waals surface area contributed by atoms with E-state index in [9.17, 15) is 4.79 Å². The zero-order valence-electron chi connectivity index (χ0n) is 8.92. The van der Waals surface area contributed by atoms with E-state index in [0.717, 1.165) is 12.1 Å². The fourth-order valence-electron chi connectivity index (χ4n) is 1.20. The van der Waals surface area contributed by atoms with Crippen molar-refractivity contribution in [2.24, 2.45) is 5.73 Å². The summed E-state index contributed by atoms with van der Waals surface area (Å²) in [7, 11) is 1.85. The van der Waals surface area contributed by atoms with E-state index in [4.69, 9.17) is 5.73 Å². The van der Waals surface area contributed by atoms with Gasteiger partial charge in [0.1, 0.15) is 0 Å². The van der Waals surface area contributed by atoms with Gasteiger partial charge in [-0.15, -0.1) is 0 Å². The molecular weight excluding hydrogens is 190 g/mol. The van der Waals surface area contributed by atoms with Gasteiger partial charge in [-0.25, -0.2) is 0 Å². The Bertz CT molecular complexity index is 308. The molecule has 0 radical (unpaired) electrons. The highest BCUT2D eigenvalue weighted by molar-refractivity contribution is 5.94. The number of benzene rings is 1. The first-order valence-electron chi connectivity index (χ1n) is 4.99. The van der Waals surface area contributed by atoms with Crippen molar-refractivity contribution in [3.63, 3.8) is 0 Å². The van der Waals surface area contributed by atoms with Crippen LogP contribution >= 0.6 is 0 Å². The Morgan fingerprint density at radius 1 is 1.27 bits per heavy atom. The zero-order valence-corrected chi connectivity index (χ0v) is 8.92. The SMILES string of the molecule is CNCCNC(=O)c1ccc(CN)cc1. The normalized spacial score (nSPS) is 10.0. The van der Waals surface area contributed by atoms with Crippen LogP contribution in [0.4, 0.5) is 0 Å².